The largest absolute Gasteiger partial charge is 0.376 e. The van der Waals surface area contributed by atoms with Gasteiger partial charge in [-0.25, -0.2) is 0 Å². The lowest BCUT2D eigenvalue weighted by molar-refractivity contribution is 0.659. The van der Waals surface area contributed by atoms with Crippen LogP contribution in [0.1, 0.15) is 30.5 Å². The summed E-state index contributed by atoms with van der Waals surface area (Å²) in [5.74, 6) is 0. The molecule has 0 amide bonds. The molecule has 3 rings (SSSR count). The van der Waals surface area contributed by atoms with Crippen LogP contribution in [0, 0.1) is 0 Å². The maximum atomic E-state index is 4.30. The first kappa shape index (κ1) is 11.8. The number of aromatic nitrogens is 2. The predicted octanol–water partition coefficient (Wildman–Crippen LogP) is 3.76. The summed E-state index contributed by atoms with van der Waals surface area (Å²) in [6, 6.07) is 6.98. The van der Waals surface area contributed by atoms with Crippen molar-refractivity contribution in [2.75, 3.05) is 5.32 Å². The van der Waals surface area contributed by atoms with E-state index in [9.17, 15) is 0 Å². The normalized spacial score (nSPS) is 17.8. The van der Waals surface area contributed by atoms with Gasteiger partial charge >= 0.3 is 0 Å². The van der Waals surface area contributed by atoms with Crippen molar-refractivity contribution in [2.45, 2.75) is 32.4 Å². The summed E-state index contributed by atoms with van der Waals surface area (Å²) in [5.41, 5.74) is 3.97. The summed E-state index contributed by atoms with van der Waals surface area (Å²) in [6.45, 7) is 3.01. The standard InChI is InChI=1S/C14H16BrN3/c1-2-18-9-12(8-16-18)17-14-6-4-10-3-5-11(15)7-13(10)14/h3,5,7-9,14,17H,2,4,6H2,1H3. The molecule has 94 valence electrons. The van der Waals surface area contributed by atoms with E-state index < -0.39 is 0 Å². The third kappa shape index (κ3) is 2.17. The zero-order chi connectivity index (χ0) is 12.5. The van der Waals surface area contributed by atoms with Gasteiger partial charge in [0.15, 0.2) is 0 Å². The highest BCUT2D eigenvalue weighted by Gasteiger charge is 2.22. The van der Waals surface area contributed by atoms with Crippen molar-refractivity contribution in [3.8, 4) is 0 Å². The third-order valence-electron chi connectivity index (χ3n) is 3.48. The fraction of sp³-hybridized carbons (Fsp3) is 0.357. The van der Waals surface area contributed by atoms with Crippen molar-refractivity contribution in [1.82, 2.24) is 9.78 Å². The summed E-state index contributed by atoms with van der Waals surface area (Å²) in [5, 5.41) is 7.87. The molecule has 0 aliphatic heterocycles. The Morgan fingerprint density at radius 3 is 3.17 bits per heavy atom. The van der Waals surface area contributed by atoms with E-state index in [0.29, 0.717) is 6.04 Å². The summed E-state index contributed by atoms with van der Waals surface area (Å²) in [4.78, 5) is 0. The summed E-state index contributed by atoms with van der Waals surface area (Å²) in [7, 11) is 0. The monoisotopic (exact) mass is 305 g/mol. The summed E-state index contributed by atoms with van der Waals surface area (Å²) < 4.78 is 3.10. The van der Waals surface area contributed by atoms with E-state index in [1.807, 2.05) is 10.9 Å². The number of benzene rings is 1. The first-order valence-corrected chi connectivity index (χ1v) is 7.13. The van der Waals surface area contributed by atoms with E-state index >= 15 is 0 Å². The van der Waals surface area contributed by atoms with E-state index in [4.69, 9.17) is 0 Å². The second-order valence-electron chi connectivity index (χ2n) is 4.66. The van der Waals surface area contributed by atoms with Crippen LogP contribution in [0.15, 0.2) is 35.1 Å². The third-order valence-corrected chi connectivity index (χ3v) is 3.98. The van der Waals surface area contributed by atoms with Crippen LogP contribution in [0.4, 0.5) is 5.69 Å². The quantitative estimate of drug-likeness (QED) is 0.935. The number of nitrogens with one attached hydrogen (secondary N) is 1. The van der Waals surface area contributed by atoms with Crippen molar-refractivity contribution in [1.29, 1.82) is 0 Å². The Hall–Kier alpha value is -1.29. The van der Waals surface area contributed by atoms with Crippen molar-refractivity contribution < 1.29 is 0 Å². The number of fused-ring (bicyclic) bond motifs is 1. The topological polar surface area (TPSA) is 29.9 Å². The summed E-state index contributed by atoms with van der Waals surface area (Å²) in [6.07, 6.45) is 6.28. The second-order valence-corrected chi connectivity index (χ2v) is 5.58. The van der Waals surface area contributed by atoms with Gasteiger partial charge in [-0.3, -0.25) is 4.68 Å². The van der Waals surface area contributed by atoms with E-state index in [0.717, 1.165) is 29.5 Å². The van der Waals surface area contributed by atoms with E-state index in [-0.39, 0.29) is 0 Å². The van der Waals surface area contributed by atoms with Crippen LogP contribution < -0.4 is 5.32 Å². The SMILES string of the molecule is CCn1cc(NC2CCc3ccc(Br)cc32)cn1. The molecule has 0 saturated carbocycles. The molecule has 3 nitrogen and oxygen atoms in total. The Labute approximate surface area is 115 Å². The molecule has 0 fully saturated rings. The van der Waals surface area contributed by atoms with Crippen LogP contribution in [-0.2, 0) is 13.0 Å². The van der Waals surface area contributed by atoms with Crippen molar-refractivity contribution in [3.63, 3.8) is 0 Å². The molecule has 1 heterocycles. The highest BCUT2D eigenvalue weighted by atomic mass is 79.9. The Morgan fingerprint density at radius 2 is 2.39 bits per heavy atom. The number of hydrogen-bond donors (Lipinski definition) is 1. The first-order chi connectivity index (χ1) is 8.76. The molecule has 1 aliphatic rings. The van der Waals surface area contributed by atoms with Crippen molar-refractivity contribution in [3.05, 3.63) is 46.2 Å². The van der Waals surface area contributed by atoms with Gasteiger partial charge in [0.25, 0.3) is 0 Å². The first-order valence-electron chi connectivity index (χ1n) is 6.33. The number of halogens is 1. The summed E-state index contributed by atoms with van der Waals surface area (Å²) >= 11 is 3.55. The smallest absolute Gasteiger partial charge is 0.0731 e. The molecule has 1 atom stereocenters. The van der Waals surface area contributed by atoms with Gasteiger partial charge in [0, 0.05) is 17.2 Å². The molecule has 1 N–H and O–H groups in total. The molecule has 1 aromatic heterocycles. The molecule has 18 heavy (non-hydrogen) atoms. The van der Waals surface area contributed by atoms with Crippen molar-refractivity contribution >= 4 is 21.6 Å². The number of nitrogens with zero attached hydrogens (tertiary/aromatic N) is 2. The fourth-order valence-electron chi connectivity index (χ4n) is 2.54. The van der Waals surface area contributed by atoms with Crippen LogP contribution in [0.2, 0.25) is 0 Å². The molecular formula is C14H16BrN3. The predicted molar refractivity (Wildman–Crippen MR) is 76.7 cm³/mol. The molecular weight excluding hydrogens is 290 g/mol. The van der Waals surface area contributed by atoms with Gasteiger partial charge in [-0.1, -0.05) is 22.0 Å². The molecule has 0 radical (unpaired) electrons. The van der Waals surface area contributed by atoms with Crippen LogP contribution in [0.25, 0.3) is 0 Å². The van der Waals surface area contributed by atoms with E-state index in [1.54, 1.807) is 0 Å². The van der Waals surface area contributed by atoms with Crippen LogP contribution >= 0.6 is 15.9 Å². The van der Waals surface area contributed by atoms with Crippen LogP contribution in [0.5, 0.6) is 0 Å². The second kappa shape index (κ2) is 4.76. The Bertz CT molecular complexity index is 562. The highest BCUT2D eigenvalue weighted by Crippen LogP contribution is 2.35. The maximum absolute atomic E-state index is 4.30. The zero-order valence-electron chi connectivity index (χ0n) is 10.4. The van der Waals surface area contributed by atoms with Crippen molar-refractivity contribution in [2.24, 2.45) is 0 Å². The molecule has 0 spiro atoms. The minimum absolute atomic E-state index is 0.409. The van der Waals surface area contributed by atoms with Crippen LogP contribution in [-0.4, -0.2) is 9.78 Å². The molecule has 0 bridgehead atoms. The lowest BCUT2D eigenvalue weighted by atomic mass is 10.1. The molecule has 1 unspecified atom stereocenters. The van der Waals surface area contributed by atoms with Gasteiger partial charge in [0.1, 0.15) is 0 Å². The van der Waals surface area contributed by atoms with E-state index in [2.05, 4.69) is 57.7 Å². The van der Waals surface area contributed by atoms with Gasteiger partial charge in [0.05, 0.1) is 17.9 Å². The highest BCUT2D eigenvalue weighted by molar-refractivity contribution is 9.10. The average Bonchev–Trinajstić information content (AvgIpc) is 2.97. The maximum Gasteiger partial charge on any atom is 0.0731 e. The molecule has 0 saturated heterocycles. The number of aryl methyl sites for hydroxylation is 2. The van der Waals surface area contributed by atoms with Gasteiger partial charge in [0.2, 0.25) is 0 Å². The number of hydrogen-bond acceptors (Lipinski definition) is 2. The van der Waals surface area contributed by atoms with Gasteiger partial charge in [-0.05, 0) is 43.0 Å². The van der Waals surface area contributed by atoms with Crippen LogP contribution in [0.3, 0.4) is 0 Å². The van der Waals surface area contributed by atoms with E-state index in [1.165, 1.54) is 11.1 Å². The number of anilines is 1. The Balaban J connectivity index is 1.81. The Morgan fingerprint density at radius 1 is 1.50 bits per heavy atom. The fourth-order valence-corrected chi connectivity index (χ4v) is 2.91. The lowest BCUT2D eigenvalue weighted by Gasteiger charge is -2.14. The van der Waals surface area contributed by atoms with Gasteiger partial charge < -0.3 is 5.32 Å². The lowest BCUT2D eigenvalue weighted by Crippen LogP contribution is -2.06. The minimum atomic E-state index is 0.409. The molecule has 1 aliphatic carbocycles. The minimum Gasteiger partial charge on any atom is -0.376 e. The van der Waals surface area contributed by atoms with Gasteiger partial charge in [-0.15, -0.1) is 0 Å². The molecule has 2 aromatic rings. The Kier molecular flexibility index (Phi) is 3.12. The molecule has 1 aromatic carbocycles. The zero-order valence-corrected chi connectivity index (χ0v) is 11.9. The average molecular weight is 306 g/mol. The number of rotatable bonds is 3. The van der Waals surface area contributed by atoms with Gasteiger partial charge in [-0.2, -0.15) is 5.10 Å². The molecule has 4 heteroatoms.